The van der Waals surface area contributed by atoms with Crippen LogP contribution in [0.25, 0.3) is 21.8 Å². The highest BCUT2D eigenvalue weighted by Crippen LogP contribution is 2.20. The Morgan fingerprint density at radius 3 is 2.68 bits per heavy atom. The zero-order chi connectivity index (χ0) is 20.0. The number of aromatic nitrogens is 2. The van der Waals surface area contributed by atoms with Gasteiger partial charge >= 0.3 is 0 Å². The van der Waals surface area contributed by atoms with Crippen LogP contribution in [0.2, 0.25) is 0 Å². The second kappa shape index (κ2) is 6.41. The van der Waals surface area contributed by atoms with E-state index in [0.717, 1.165) is 5.52 Å². The molecule has 0 amide bonds. The molecule has 0 atom stereocenters. The minimum Gasteiger partial charge on any atom is -0.496 e. The van der Waals surface area contributed by atoms with Gasteiger partial charge in [-0.2, -0.15) is 5.10 Å². The summed E-state index contributed by atoms with van der Waals surface area (Å²) in [5, 5.41) is 4.27. The lowest BCUT2D eigenvalue weighted by molar-refractivity contribution is 0.101. The van der Waals surface area contributed by atoms with Gasteiger partial charge in [-0.3, -0.25) is 14.4 Å². The van der Waals surface area contributed by atoms with Crippen molar-refractivity contribution in [2.45, 2.75) is 6.92 Å². The number of ketones is 1. The molecule has 0 radical (unpaired) electrons. The number of anilines is 1. The molecule has 28 heavy (non-hydrogen) atoms. The van der Waals surface area contributed by atoms with Gasteiger partial charge in [0.1, 0.15) is 5.75 Å². The lowest BCUT2D eigenvalue weighted by atomic mass is 10.1. The first-order valence-corrected chi connectivity index (χ1v) is 8.50. The topological polar surface area (TPSA) is 103 Å². The third-order valence-electron chi connectivity index (χ3n) is 4.70. The van der Waals surface area contributed by atoms with Gasteiger partial charge in [0.25, 0.3) is 0 Å². The molecule has 0 aliphatic carbocycles. The molecule has 0 unspecified atom stereocenters. The van der Waals surface area contributed by atoms with Crippen LogP contribution in [0, 0.1) is 0 Å². The largest absolute Gasteiger partial charge is 0.496 e. The van der Waals surface area contributed by atoms with E-state index in [1.54, 1.807) is 48.0 Å². The van der Waals surface area contributed by atoms with Crippen LogP contribution in [0.5, 0.6) is 5.75 Å². The molecule has 0 spiro atoms. The van der Waals surface area contributed by atoms with Crippen LogP contribution in [0.3, 0.4) is 0 Å². The Balaban J connectivity index is 1.84. The Morgan fingerprint density at radius 2 is 1.96 bits per heavy atom. The highest BCUT2D eigenvalue weighted by atomic mass is 16.5. The summed E-state index contributed by atoms with van der Waals surface area (Å²) < 4.78 is 6.88. The Morgan fingerprint density at radius 1 is 1.18 bits per heavy atom. The molecule has 3 aromatic carbocycles. The summed E-state index contributed by atoms with van der Waals surface area (Å²) in [5.74, 6) is 0.624. The molecule has 4 aromatic rings. The quantitative estimate of drug-likeness (QED) is 0.427. The van der Waals surface area contributed by atoms with E-state index in [1.807, 2.05) is 0 Å². The van der Waals surface area contributed by atoms with Crippen LogP contribution in [0.1, 0.15) is 17.3 Å². The number of nitrogens with zero attached hydrogens (tertiary/aromatic N) is 3. The van der Waals surface area contributed by atoms with Gasteiger partial charge in [-0.15, -0.1) is 0 Å². The number of benzene rings is 2. The molecule has 8 heteroatoms. The normalized spacial score (nSPS) is 12.0. The number of rotatable bonds is 4. The molecule has 0 aliphatic rings. The summed E-state index contributed by atoms with van der Waals surface area (Å²) in [6.45, 7) is 1.49. The van der Waals surface area contributed by atoms with Gasteiger partial charge < -0.3 is 9.30 Å². The second-order valence-corrected chi connectivity index (χ2v) is 6.37. The molecule has 0 saturated heterocycles. The number of imidazole rings is 1. The third-order valence-corrected chi connectivity index (χ3v) is 4.70. The maximum absolute atomic E-state index is 12.6. The van der Waals surface area contributed by atoms with Gasteiger partial charge in [-0.25, -0.2) is 10.4 Å². The molecule has 0 fully saturated rings. The van der Waals surface area contributed by atoms with Gasteiger partial charge in [-0.1, -0.05) is 6.07 Å². The van der Waals surface area contributed by atoms with Gasteiger partial charge in [0, 0.05) is 18.0 Å². The predicted octanol–water partition coefficient (Wildman–Crippen LogP) is 1.46. The Labute approximate surface area is 158 Å². The molecular formula is C20H16N4O4. The van der Waals surface area contributed by atoms with Crippen molar-refractivity contribution in [3.05, 3.63) is 67.8 Å². The molecule has 8 nitrogen and oxygen atoms in total. The number of carbonyl (C=O) groups excluding carboxylic acids is 1. The molecule has 140 valence electrons. The summed E-state index contributed by atoms with van der Waals surface area (Å²) in [6.07, 6.45) is 0. The van der Waals surface area contributed by atoms with Crippen LogP contribution in [-0.2, 0) is 7.05 Å². The number of hydrogen-bond acceptors (Lipinski definition) is 7. The van der Waals surface area contributed by atoms with Gasteiger partial charge in [0.15, 0.2) is 11.1 Å². The van der Waals surface area contributed by atoms with E-state index in [-0.39, 0.29) is 21.9 Å². The number of methoxy groups -OCH3 is 1. The monoisotopic (exact) mass is 376 g/mol. The van der Waals surface area contributed by atoms with Crippen molar-refractivity contribution in [3.63, 3.8) is 0 Å². The zero-order valence-corrected chi connectivity index (χ0v) is 15.4. The summed E-state index contributed by atoms with van der Waals surface area (Å²) in [4.78, 5) is 41.2. The molecule has 1 heterocycles. The van der Waals surface area contributed by atoms with Crippen LogP contribution in [-0.4, -0.2) is 22.4 Å². The fourth-order valence-corrected chi connectivity index (χ4v) is 3.19. The maximum Gasteiger partial charge on any atom is 0.224 e. The lowest BCUT2D eigenvalue weighted by Crippen LogP contribution is -2.32. The van der Waals surface area contributed by atoms with Gasteiger partial charge in [0.2, 0.25) is 16.8 Å². The standard InChI is InChI=1S/C20H16N4O4/c1-10(25)11-7-8-13-14(9-11)24(2)20(21-13)23-22-17-18(26)12-5-4-6-15(28-3)16(12)19(17)27/h4-9H,1-3H3,(H,21,23). The maximum atomic E-state index is 12.6. The average Bonchev–Trinajstić information content (AvgIpc) is 3.14. The SMILES string of the molecule is COc1cccc2c(=O)c(=NNc3nc4ccc(C(C)=O)cc4n3C)c(=O)c12. The second-order valence-electron chi connectivity index (χ2n) is 6.37. The number of Topliss-reactive ketones (excluding diaryl/α,β-unsaturated/α-hetero) is 1. The fourth-order valence-electron chi connectivity index (χ4n) is 3.19. The molecule has 1 N–H and O–H groups in total. The van der Waals surface area contributed by atoms with Crippen molar-refractivity contribution in [1.29, 1.82) is 0 Å². The first kappa shape index (κ1) is 17.6. The van der Waals surface area contributed by atoms with Crippen LogP contribution in [0.15, 0.2) is 51.1 Å². The highest BCUT2D eigenvalue weighted by Gasteiger charge is 2.15. The van der Waals surface area contributed by atoms with Crippen molar-refractivity contribution >= 4 is 33.5 Å². The minimum absolute atomic E-state index is 0.0493. The van der Waals surface area contributed by atoms with Crippen molar-refractivity contribution in [2.75, 3.05) is 12.5 Å². The van der Waals surface area contributed by atoms with E-state index in [4.69, 9.17) is 4.74 Å². The molecule has 0 aliphatic heterocycles. The van der Waals surface area contributed by atoms with Gasteiger partial charge in [-0.05, 0) is 37.3 Å². The van der Waals surface area contributed by atoms with E-state index in [9.17, 15) is 14.4 Å². The Bertz CT molecular complexity index is 1410. The number of hydrogen-bond donors (Lipinski definition) is 1. The predicted molar refractivity (Wildman–Crippen MR) is 105 cm³/mol. The number of fused-ring (bicyclic) bond motifs is 2. The molecule has 4 rings (SSSR count). The first-order chi connectivity index (χ1) is 13.4. The van der Waals surface area contributed by atoms with Crippen LogP contribution < -0.4 is 26.4 Å². The number of aryl methyl sites for hydroxylation is 1. The lowest BCUT2D eigenvalue weighted by Gasteiger charge is -2.00. The van der Waals surface area contributed by atoms with E-state index in [1.165, 1.54) is 14.0 Å². The van der Waals surface area contributed by atoms with Crippen molar-refractivity contribution in [3.8, 4) is 5.75 Å². The third kappa shape index (κ3) is 2.58. The first-order valence-electron chi connectivity index (χ1n) is 8.50. The van der Waals surface area contributed by atoms with Crippen LogP contribution >= 0.6 is 0 Å². The van der Waals surface area contributed by atoms with E-state index in [2.05, 4.69) is 15.5 Å². The summed E-state index contributed by atoms with van der Waals surface area (Å²) in [5.41, 5.74) is 3.68. The number of nitrogens with one attached hydrogen (secondary N) is 1. The Hall–Kier alpha value is -3.81. The van der Waals surface area contributed by atoms with Crippen molar-refractivity contribution in [2.24, 2.45) is 12.1 Å². The highest BCUT2D eigenvalue weighted by molar-refractivity contribution is 5.97. The molecule has 1 aromatic heterocycles. The average molecular weight is 376 g/mol. The summed E-state index contributed by atoms with van der Waals surface area (Å²) in [6, 6.07) is 10.0. The number of carbonyl (C=O) groups is 1. The van der Waals surface area contributed by atoms with E-state index >= 15 is 0 Å². The summed E-state index contributed by atoms with van der Waals surface area (Å²) >= 11 is 0. The fraction of sp³-hybridized carbons (Fsp3) is 0.150. The smallest absolute Gasteiger partial charge is 0.224 e. The van der Waals surface area contributed by atoms with Crippen molar-refractivity contribution < 1.29 is 9.53 Å². The van der Waals surface area contributed by atoms with Crippen molar-refractivity contribution in [1.82, 2.24) is 9.55 Å². The Kier molecular flexibility index (Phi) is 4.03. The van der Waals surface area contributed by atoms with Crippen LogP contribution in [0.4, 0.5) is 5.95 Å². The molecular weight excluding hydrogens is 360 g/mol. The zero-order valence-electron chi connectivity index (χ0n) is 15.4. The van der Waals surface area contributed by atoms with E-state index in [0.29, 0.717) is 22.8 Å². The molecule has 0 saturated carbocycles. The van der Waals surface area contributed by atoms with E-state index < -0.39 is 10.9 Å². The minimum atomic E-state index is -0.498. The number of ether oxygens (including phenoxy) is 1. The van der Waals surface area contributed by atoms with Gasteiger partial charge in [0.05, 0.1) is 23.5 Å². The molecule has 0 bridgehead atoms. The summed E-state index contributed by atoms with van der Waals surface area (Å²) in [7, 11) is 3.19.